The number of carbonyl (C=O) groups is 1. The molecule has 0 saturated carbocycles. The Morgan fingerprint density at radius 1 is 1.16 bits per heavy atom. The molecule has 1 saturated heterocycles. The molecule has 0 radical (unpaired) electrons. The minimum atomic E-state index is -0.921. The van der Waals surface area contributed by atoms with Crippen molar-refractivity contribution in [3.63, 3.8) is 0 Å². The van der Waals surface area contributed by atoms with Gasteiger partial charge in [0.15, 0.2) is 17.1 Å². The third-order valence-corrected chi connectivity index (χ3v) is 6.79. The monoisotopic (exact) mass is 355 g/mol. The van der Waals surface area contributed by atoms with Crippen molar-refractivity contribution in [1.82, 2.24) is 0 Å². The van der Waals surface area contributed by atoms with E-state index in [1.165, 1.54) is 34.6 Å². The first-order chi connectivity index (χ1) is 12.0. The maximum atomic E-state index is 12.0. The predicted octanol–water partition coefficient (Wildman–Crippen LogP) is 3.94. The molecule has 1 fully saturated rings. The molecule has 4 heteroatoms. The second-order valence-electron chi connectivity index (χ2n) is 6.63. The minimum Gasteiger partial charge on any atom is -0.481 e. The van der Waals surface area contributed by atoms with E-state index in [1.807, 2.05) is 18.2 Å². The molecule has 2 aromatic carbocycles. The number of benzene rings is 2. The number of hydrogen-bond donors (Lipinski definition) is 0. The van der Waals surface area contributed by atoms with E-state index in [4.69, 9.17) is 15.9 Å². The van der Waals surface area contributed by atoms with Crippen molar-refractivity contribution in [3.8, 4) is 18.1 Å². The molecule has 0 bridgehead atoms. The van der Waals surface area contributed by atoms with Gasteiger partial charge in [0.1, 0.15) is 17.3 Å². The van der Waals surface area contributed by atoms with Crippen molar-refractivity contribution < 1.29 is 14.3 Å². The van der Waals surface area contributed by atoms with Gasteiger partial charge in [-0.05, 0) is 44.9 Å². The van der Waals surface area contributed by atoms with Crippen LogP contribution in [0.25, 0.3) is 10.8 Å². The Balaban J connectivity index is 1.80. The van der Waals surface area contributed by atoms with Gasteiger partial charge in [-0.15, -0.1) is 6.42 Å². The zero-order chi connectivity index (χ0) is 17.9. The van der Waals surface area contributed by atoms with Crippen LogP contribution in [0.3, 0.4) is 0 Å². The molecule has 0 aliphatic carbocycles. The van der Waals surface area contributed by atoms with Crippen LogP contribution in [0.15, 0.2) is 41.3 Å². The molecule has 3 rings (SSSR count). The van der Waals surface area contributed by atoms with Crippen LogP contribution in [0, 0.1) is 12.3 Å². The number of terminal acetylenes is 1. The number of fused-ring (bicyclic) bond motifs is 1. The summed E-state index contributed by atoms with van der Waals surface area (Å²) in [6.07, 6.45) is 7.97. The zero-order valence-electron chi connectivity index (χ0n) is 14.7. The summed E-state index contributed by atoms with van der Waals surface area (Å²) in [7, 11) is 0.330. The van der Waals surface area contributed by atoms with Gasteiger partial charge in [-0.1, -0.05) is 24.1 Å². The van der Waals surface area contributed by atoms with Crippen LogP contribution in [0.5, 0.6) is 5.75 Å². The summed E-state index contributed by atoms with van der Waals surface area (Å²) in [5, 5.41) is 2.27. The standard InChI is InChI=1S/C21H23O3S/c1-4-21(2,3)24-20(22)15-23-18-11-12-19(25-13-7-8-14-25)17-10-6-5-9-16(17)18/h1,5-6,9-12H,7-8,13-15H2,2-3H3/q+1. The highest BCUT2D eigenvalue weighted by atomic mass is 32.2. The summed E-state index contributed by atoms with van der Waals surface area (Å²) in [4.78, 5) is 13.4. The van der Waals surface area contributed by atoms with Gasteiger partial charge >= 0.3 is 5.97 Å². The fourth-order valence-corrected chi connectivity index (χ4v) is 5.47. The summed E-state index contributed by atoms with van der Waals surface area (Å²) in [5.74, 6) is 5.23. The molecule has 2 aromatic rings. The number of esters is 1. The second-order valence-corrected chi connectivity index (χ2v) is 8.87. The van der Waals surface area contributed by atoms with Crippen molar-refractivity contribution in [2.45, 2.75) is 37.2 Å². The van der Waals surface area contributed by atoms with Crippen molar-refractivity contribution in [2.75, 3.05) is 18.1 Å². The van der Waals surface area contributed by atoms with Crippen LogP contribution in [0.1, 0.15) is 26.7 Å². The Morgan fingerprint density at radius 3 is 2.52 bits per heavy atom. The Morgan fingerprint density at radius 2 is 1.84 bits per heavy atom. The van der Waals surface area contributed by atoms with Crippen LogP contribution in [-0.2, 0) is 20.4 Å². The molecule has 1 aliphatic heterocycles. The average molecular weight is 355 g/mol. The van der Waals surface area contributed by atoms with Crippen molar-refractivity contribution in [1.29, 1.82) is 0 Å². The molecular weight excluding hydrogens is 332 g/mol. The zero-order valence-corrected chi connectivity index (χ0v) is 15.5. The van der Waals surface area contributed by atoms with Gasteiger partial charge in [-0.25, -0.2) is 4.79 Å². The van der Waals surface area contributed by atoms with Crippen LogP contribution < -0.4 is 4.74 Å². The first-order valence-electron chi connectivity index (χ1n) is 8.52. The minimum absolute atomic E-state index is 0.153. The Kier molecular flexibility index (Phi) is 5.24. The topological polar surface area (TPSA) is 35.5 Å². The first kappa shape index (κ1) is 17.7. The quantitative estimate of drug-likeness (QED) is 0.463. The SMILES string of the molecule is C#CC(C)(C)OC(=O)COc1ccc([S+]2CCCC2)c2ccccc12. The molecule has 1 heterocycles. The lowest BCUT2D eigenvalue weighted by Crippen LogP contribution is -2.29. The number of carbonyl (C=O) groups excluding carboxylic acids is 1. The highest BCUT2D eigenvalue weighted by Gasteiger charge is 2.29. The third kappa shape index (κ3) is 4.11. The van der Waals surface area contributed by atoms with Gasteiger partial charge in [0.25, 0.3) is 0 Å². The lowest BCUT2D eigenvalue weighted by Gasteiger charge is -2.18. The van der Waals surface area contributed by atoms with E-state index in [0.717, 1.165) is 5.39 Å². The fourth-order valence-electron chi connectivity index (χ4n) is 2.98. The number of ether oxygens (including phenoxy) is 2. The Hall–Kier alpha value is -2.12. The average Bonchev–Trinajstić information content (AvgIpc) is 3.13. The third-order valence-electron chi connectivity index (χ3n) is 4.25. The summed E-state index contributed by atoms with van der Waals surface area (Å²) in [5.41, 5.74) is -0.921. The molecular formula is C21H23O3S+. The van der Waals surface area contributed by atoms with Gasteiger partial charge in [-0.2, -0.15) is 0 Å². The predicted molar refractivity (Wildman–Crippen MR) is 103 cm³/mol. The molecule has 0 spiro atoms. The summed E-state index contributed by atoms with van der Waals surface area (Å²) >= 11 is 0. The normalized spacial score (nSPS) is 15.1. The van der Waals surface area contributed by atoms with Gasteiger partial charge < -0.3 is 9.47 Å². The fraction of sp³-hybridized carbons (Fsp3) is 0.381. The Bertz CT molecular complexity index is 813. The van der Waals surface area contributed by atoms with Crippen molar-refractivity contribution in [2.24, 2.45) is 0 Å². The van der Waals surface area contributed by atoms with Crippen molar-refractivity contribution in [3.05, 3.63) is 36.4 Å². The molecule has 0 atom stereocenters. The first-order valence-corrected chi connectivity index (χ1v) is 10.1. The molecule has 3 nitrogen and oxygen atoms in total. The molecule has 0 aromatic heterocycles. The smallest absolute Gasteiger partial charge is 0.345 e. The second kappa shape index (κ2) is 7.41. The lowest BCUT2D eigenvalue weighted by molar-refractivity contribution is -0.154. The summed E-state index contributed by atoms with van der Waals surface area (Å²) < 4.78 is 11.0. The Labute approximate surface area is 152 Å². The number of hydrogen-bond acceptors (Lipinski definition) is 3. The van der Waals surface area contributed by atoms with Gasteiger partial charge in [0.05, 0.1) is 0 Å². The van der Waals surface area contributed by atoms with E-state index in [2.05, 4.69) is 24.1 Å². The summed E-state index contributed by atoms with van der Waals surface area (Å²) in [6, 6.07) is 12.4. The molecule has 1 aliphatic rings. The molecule has 130 valence electrons. The van der Waals surface area contributed by atoms with Gasteiger partial charge in [0.2, 0.25) is 0 Å². The van der Waals surface area contributed by atoms with Gasteiger partial charge in [0, 0.05) is 21.7 Å². The van der Waals surface area contributed by atoms with E-state index in [1.54, 1.807) is 13.8 Å². The van der Waals surface area contributed by atoms with Crippen LogP contribution >= 0.6 is 0 Å². The molecule has 25 heavy (non-hydrogen) atoms. The summed E-state index contributed by atoms with van der Waals surface area (Å²) in [6.45, 7) is 3.20. The number of rotatable bonds is 5. The largest absolute Gasteiger partial charge is 0.481 e. The van der Waals surface area contributed by atoms with E-state index < -0.39 is 11.6 Å². The maximum absolute atomic E-state index is 12.0. The van der Waals surface area contributed by atoms with Crippen LogP contribution in [0.4, 0.5) is 0 Å². The molecule has 0 N–H and O–H groups in total. The van der Waals surface area contributed by atoms with Crippen LogP contribution in [0.2, 0.25) is 0 Å². The highest BCUT2D eigenvalue weighted by Crippen LogP contribution is 2.34. The van der Waals surface area contributed by atoms with E-state index >= 15 is 0 Å². The lowest BCUT2D eigenvalue weighted by atomic mass is 10.1. The highest BCUT2D eigenvalue weighted by molar-refractivity contribution is 7.97. The van der Waals surface area contributed by atoms with Crippen LogP contribution in [-0.4, -0.2) is 29.7 Å². The van der Waals surface area contributed by atoms with E-state index in [0.29, 0.717) is 16.6 Å². The van der Waals surface area contributed by atoms with Crippen molar-refractivity contribution >= 4 is 27.6 Å². The van der Waals surface area contributed by atoms with E-state index in [-0.39, 0.29) is 6.61 Å². The maximum Gasteiger partial charge on any atom is 0.345 e. The van der Waals surface area contributed by atoms with E-state index in [9.17, 15) is 4.79 Å². The molecule has 0 amide bonds. The molecule has 0 unspecified atom stereocenters. The van der Waals surface area contributed by atoms with Gasteiger partial charge in [-0.3, -0.25) is 0 Å².